The van der Waals surface area contributed by atoms with Crippen molar-refractivity contribution in [1.82, 2.24) is 9.97 Å². The van der Waals surface area contributed by atoms with Crippen LogP contribution in [0.15, 0.2) is 24.5 Å². The van der Waals surface area contributed by atoms with Gasteiger partial charge in [-0.3, -0.25) is 4.98 Å². The number of carbonyl (C=O) groups is 1. The quantitative estimate of drug-likeness (QED) is 0.465. The first-order valence-corrected chi connectivity index (χ1v) is 7.61. The van der Waals surface area contributed by atoms with E-state index in [1.165, 1.54) is 7.11 Å². The topological polar surface area (TPSA) is 52.1 Å². The van der Waals surface area contributed by atoms with Crippen LogP contribution < -0.4 is 0 Å². The third-order valence-corrected chi connectivity index (χ3v) is 5.47. The van der Waals surface area contributed by atoms with Gasteiger partial charge in [0.15, 0.2) is 0 Å². The van der Waals surface area contributed by atoms with E-state index in [0.29, 0.717) is 10.7 Å². The molecule has 0 bridgehead atoms. The number of hydrogen-bond acceptors (Lipinski definition) is 4. The summed E-state index contributed by atoms with van der Waals surface area (Å²) < 4.78 is 6.56. The van der Waals surface area contributed by atoms with E-state index in [2.05, 4.69) is 55.1 Å². The molecular formula is C12H7ClI2N2O2. The second kappa shape index (κ2) is 6.31. The van der Waals surface area contributed by atoms with Crippen LogP contribution in [0.2, 0.25) is 5.02 Å². The number of ether oxygens (including phenoxy) is 1. The largest absolute Gasteiger partial charge is 0.464 e. The molecule has 0 aliphatic heterocycles. The number of carbonyl (C=O) groups excluding carboxylic acids is 1. The molecule has 0 saturated carbocycles. The van der Waals surface area contributed by atoms with E-state index in [1.807, 2.05) is 0 Å². The summed E-state index contributed by atoms with van der Waals surface area (Å²) in [6, 6.07) is 3.45. The number of halogens is 3. The molecule has 0 amide bonds. The van der Waals surface area contributed by atoms with Crippen molar-refractivity contribution >= 4 is 62.8 Å². The molecule has 7 heteroatoms. The summed E-state index contributed by atoms with van der Waals surface area (Å²) in [4.78, 5) is 20.0. The molecule has 2 heterocycles. The predicted molar refractivity (Wildman–Crippen MR) is 89.3 cm³/mol. The highest BCUT2D eigenvalue weighted by Crippen LogP contribution is 2.28. The van der Waals surface area contributed by atoms with Crippen LogP contribution in [0, 0.1) is 7.14 Å². The maximum absolute atomic E-state index is 11.6. The van der Waals surface area contributed by atoms with Gasteiger partial charge in [0, 0.05) is 21.5 Å². The van der Waals surface area contributed by atoms with Crippen molar-refractivity contribution in [3.63, 3.8) is 0 Å². The van der Waals surface area contributed by atoms with E-state index in [4.69, 9.17) is 16.3 Å². The molecule has 2 rings (SSSR count). The molecule has 0 radical (unpaired) electrons. The van der Waals surface area contributed by atoms with Crippen molar-refractivity contribution in [3.8, 4) is 11.3 Å². The molecule has 0 saturated heterocycles. The Morgan fingerprint density at radius 3 is 2.68 bits per heavy atom. The summed E-state index contributed by atoms with van der Waals surface area (Å²) in [6.07, 6.45) is 3.21. The number of nitrogens with zero attached hydrogens (tertiary/aromatic N) is 2. The lowest BCUT2D eigenvalue weighted by Gasteiger charge is -2.08. The number of methoxy groups -OCH3 is 1. The second-order valence-corrected chi connectivity index (χ2v) is 6.21. The number of rotatable bonds is 2. The lowest BCUT2D eigenvalue weighted by molar-refractivity contribution is 0.0594. The van der Waals surface area contributed by atoms with Gasteiger partial charge in [-0.15, -0.1) is 0 Å². The van der Waals surface area contributed by atoms with Crippen molar-refractivity contribution in [2.24, 2.45) is 0 Å². The minimum absolute atomic E-state index is 0.266. The third-order valence-electron chi connectivity index (χ3n) is 2.29. The standard InChI is InChI=1S/C12H7ClI2N2O2/c1-19-12(18)9-3-8(14)10(15)11(17-9)6-2-7(13)5-16-4-6/h2-5H,1H3. The zero-order chi connectivity index (χ0) is 14.0. The fourth-order valence-electron chi connectivity index (χ4n) is 1.44. The van der Waals surface area contributed by atoms with Crippen LogP contribution in [0.1, 0.15) is 10.5 Å². The minimum atomic E-state index is -0.467. The van der Waals surface area contributed by atoms with Gasteiger partial charge in [0.1, 0.15) is 5.69 Å². The number of aromatic nitrogens is 2. The van der Waals surface area contributed by atoms with Crippen molar-refractivity contribution < 1.29 is 9.53 Å². The molecule has 0 N–H and O–H groups in total. The van der Waals surface area contributed by atoms with Gasteiger partial charge in [0.05, 0.1) is 21.4 Å². The smallest absolute Gasteiger partial charge is 0.356 e. The van der Waals surface area contributed by atoms with Gasteiger partial charge >= 0.3 is 5.97 Å². The van der Waals surface area contributed by atoms with Gasteiger partial charge in [-0.2, -0.15) is 0 Å². The molecule has 98 valence electrons. The lowest BCUT2D eigenvalue weighted by Crippen LogP contribution is -2.07. The van der Waals surface area contributed by atoms with Crippen LogP contribution in [0.3, 0.4) is 0 Å². The van der Waals surface area contributed by atoms with Gasteiger partial charge < -0.3 is 4.74 Å². The lowest BCUT2D eigenvalue weighted by atomic mass is 10.2. The van der Waals surface area contributed by atoms with Crippen LogP contribution in [-0.2, 0) is 4.74 Å². The second-order valence-electron chi connectivity index (χ2n) is 3.54. The molecule has 0 atom stereocenters. The maximum Gasteiger partial charge on any atom is 0.356 e. The van der Waals surface area contributed by atoms with Gasteiger partial charge in [-0.05, 0) is 57.3 Å². The van der Waals surface area contributed by atoms with Crippen LogP contribution in [0.4, 0.5) is 0 Å². The highest BCUT2D eigenvalue weighted by molar-refractivity contribution is 14.1. The van der Waals surface area contributed by atoms with E-state index >= 15 is 0 Å². The molecule has 0 unspecified atom stereocenters. The van der Waals surface area contributed by atoms with Gasteiger partial charge in [0.2, 0.25) is 0 Å². The van der Waals surface area contributed by atoms with E-state index < -0.39 is 5.97 Å². The molecule has 0 aliphatic carbocycles. The summed E-state index contributed by atoms with van der Waals surface area (Å²) in [5.74, 6) is -0.467. The zero-order valence-electron chi connectivity index (χ0n) is 9.65. The Morgan fingerprint density at radius 1 is 1.32 bits per heavy atom. The Morgan fingerprint density at radius 2 is 2.05 bits per heavy atom. The molecule has 0 aromatic carbocycles. The third kappa shape index (κ3) is 3.34. The summed E-state index contributed by atoms with van der Waals surface area (Å²) in [7, 11) is 1.33. The number of esters is 1. The molecule has 4 nitrogen and oxygen atoms in total. The summed E-state index contributed by atoms with van der Waals surface area (Å²) >= 11 is 10.3. The van der Waals surface area contributed by atoms with Crippen LogP contribution in [0.5, 0.6) is 0 Å². The first kappa shape index (κ1) is 14.9. The van der Waals surface area contributed by atoms with Crippen LogP contribution >= 0.6 is 56.8 Å². The fourth-order valence-corrected chi connectivity index (χ4v) is 2.75. The molecular weight excluding hydrogens is 493 g/mol. The SMILES string of the molecule is COC(=O)c1cc(I)c(I)c(-c2cncc(Cl)c2)n1. The van der Waals surface area contributed by atoms with E-state index in [0.717, 1.165) is 12.7 Å². The Labute approximate surface area is 142 Å². The molecule has 0 fully saturated rings. The van der Waals surface area contributed by atoms with Crippen LogP contribution in [0.25, 0.3) is 11.3 Å². The molecule has 0 spiro atoms. The number of pyridine rings is 2. The predicted octanol–water partition coefficient (Wildman–Crippen LogP) is 3.79. The first-order chi connectivity index (χ1) is 9.02. The normalized spacial score (nSPS) is 10.3. The van der Waals surface area contributed by atoms with Crippen LogP contribution in [-0.4, -0.2) is 23.0 Å². The maximum atomic E-state index is 11.6. The van der Waals surface area contributed by atoms with Gasteiger partial charge in [-0.1, -0.05) is 11.6 Å². The average Bonchev–Trinajstić information content (AvgIpc) is 2.40. The van der Waals surface area contributed by atoms with Gasteiger partial charge in [0.25, 0.3) is 0 Å². The molecule has 2 aromatic rings. The summed E-state index contributed by atoms with van der Waals surface area (Å²) in [6.45, 7) is 0. The molecule has 19 heavy (non-hydrogen) atoms. The Kier molecular flexibility index (Phi) is 4.96. The van der Waals surface area contributed by atoms with E-state index in [-0.39, 0.29) is 5.69 Å². The van der Waals surface area contributed by atoms with Crippen molar-refractivity contribution in [1.29, 1.82) is 0 Å². The van der Waals surface area contributed by atoms with Crippen molar-refractivity contribution in [2.75, 3.05) is 7.11 Å². The van der Waals surface area contributed by atoms with Crippen molar-refractivity contribution in [3.05, 3.63) is 42.4 Å². The molecule has 2 aromatic heterocycles. The molecule has 0 aliphatic rings. The Bertz CT molecular complexity index is 650. The summed E-state index contributed by atoms with van der Waals surface area (Å²) in [5.41, 5.74) is 1.70. The van der Waals surface area contributed by atoms with Crippen molar-refractivity contribution in [2.45, 2.75) is 0 Å². The number of hydrogen-bond donors (Lipinski definition) is 0. The Balaban J connectivity index is 2.62. The van der Waals surface area contributed by atoms with E-state index in [1.54, 1.807) is 24.5 Å². The average molecular weight is 500 g/mol. The van der Waals surface area contributed by atoms with E-state index in [9.17, 15) is 4.79 Å². The van der Waals surface area contributed by atoms with Gasteiger partial charge in [-0.25, -0.2) is 9.78 Å². The zero-order valence-corrected chi connectivity index (χ0v) is 14.7. The monoisotopic (exact) mass is 500 g/mol. The first-order valence-electron chi connectivity index (χ1n) is 5.08. The Hall–Kier alpha value is -0.480. The minimum Gasteiger partial charge on any atom is -0.464 e. The summed E-state index contributed by atoms with van der Waals surface area (Å²) in [5, 5.41) is 0.522. The highest BCUT2D eigenvalue weighted by Gasteiger charge is 2.16. The highest BCUT2D eigenvalue weighted by atomic mass is 127. The fraction of sp³-hybridized carbons (Fsp3) is 0.0833.